The number of rotatable bonds is 38. The Morgan fingerprint density at radius 1 is 0.611 bits per heavy atom. The van der Waals surface area contributed by atoms with Gasteiger partial charge in [-0.25, -0.2) is 0 Å². The van der Waals surface area contributed by atoms with Gasteiger partial charge in [0.15, 0.2) is 0 Å². The number of unbranched alkanes of at least 4 members (excludes halogenated alkanes) is 12. The average molecular weight is 758 g/mol. The first-order chi connectivity index (χ1) is 26.2. The van der Waals surface area contributed by atoms with Gasteiger partial charge >= 0.3 is 17.9 Å². The van der Waals surface area contributed by atoms with Crippen molar-refractivity contribution in [2.75, 3.05) is 40.0 Å². The van der Waals surface area contributed by atoms with Crippen molar-refractivity contribution >= 4 is 17.9 Å². The highest BCUT2D eigenvalue weighted by atomic mass is 16.5. The first-order valence-corrected chi connectivity index (χ1v) is 22.3. The van der Waals surface area contributed by atoms with Crippen LogP contribution in [-0.4, -0.2) is 62.8 Å². The number of carbonyl (C=O) groups excluding carboxylic acids is 3. The highest BCUT2D eigenvalue weighted by molar-refractivity contribution is 5.70. The van der Waals surface area contributed by atoms with Crippen LogP contribution < -0.4 is 0 Å². The maximum absolute atomic E-state index is 12.7. The van der Waals surface area contributed by atoms with E-state index in [1.807, 2.05) is 6.08 Å². The second kappa shape index (κ2) is 38.7. The average Bonchev–Trinajstić information content (AvgIpc) is 3.15. The normalized spacial score (nSPS) is 12.6. The van der Waals surface area contributed by atoms with E-state index < -0.39 is 0 Å². The molecule has 0 heterocycles. The second-order valence-corrected chi connectivity index (χ2v) is 15.6. The Labute approximate surface area is 332 Å². The summed E-state index contributed by atoms with van der Waals surface area (Å²) in [5.41, 5.74) is 8.37. The number of nitrogens with zero attached hydrogens (tertiary/aromatic N) is 1. The number of carbonyl (C=O) groups is 3. The minimum absolute atomic E-state index is 0.0584. The smallest absolute Gasteiger partial charge is 0.306 e. The molecule has 3 atom stereocenters. The Kier molecular flexibility index (Phi) is 36.9. The zero-order valence-electron chi connectivity index (χ0n) is 35.8. The molecule has 54 heavy (non-hydrogen) atoms. The monoisotopic (exact) mass is 758 g/mol. The summed E-state index contributed by atoms with van der Waals surface area (Å²) in [5, 5.41) is 0. The summed E-state index contributed by atoms with van der Waals surface area (Å²) >= 11 is 0. The van der Waals surface area contributed by atoms with Gasteiger partial charge in [0.1, 0.15) is 0 Å². The van der Waals surface area contributed by atoms with E-state index in [4.69, 9.17) is 14.2 Å². The van der Waals surface area contributed by atoms with E-state index in [0.29, 0.717) is 56.8 Å². The third-order valence-electron chi connectivity index (χ3n) is 10.5. The van der Waals surface area contributed by atoms with Crippen molar-refractivity contribution in [3.8, 4) is 0 Å². The fourth-order valence-corrected chi connectivity index (χ4v) is 6.69. The highest BCUT2D eigenvalue weighted by Gasteiger charge is 2.16. The third-order valence-corrected chi connectivity index (χ3v) is 10.5. The molecule has 0 radical (unpaired) electrons. The first kappa shape index (κ1) is 51.5. The van der Waals surface area contributed by atoms with Gasteiger partial charge in [-0.2, -0.15) is 0 Å². The fourth-order valence-electron chi connectivity index (χ4n) is 6.69. The molecule has 0 fully saturated rings. The molecule has 0 aliphatic carbocycles. The number of hydrogen-bond donors (Lipinski definition) is 0. The van der Waals surface area contributed by atoms with Gasteiger partial charge in [0, 0.05) is 25.8 Å². The summed E-state index contributed by atoms with van der Waals surface area (Å²) in [7, 11) is 2.08. The second-order valence-electron chi connectivity index (χ2n) is 15.6. The van der Waals surface area contributed by atoms with E-state index >= 15 is 0 Å². The molecule has 0 saturated heterocycles. The predicted octanol–water partition coefficient (Wildman–Crippen LogP) is 12.3. The van der Waals surface area contributed by atoms with Gasteiger partial charge in [-0.05, 0) is 101 Å². The van der Waals surface area contributed by atoms with Gasteiger partial charge < -0.3 is 19.1 Å². The molecule has 0 aromatic heterocycles. The Bertz CT molecular complexity index is 1040. The summed E-state index contributed by atoms with van der Waals surface area (Å²) in [4.78, 5) is 39.4. The minimum Gasteiger partial charge on any atom is -0.466 e. The summed E-state index contributed by atoms with van der Waals surface area (Å²) in [6.07, 6.45) is 28.2. The summed E-state index contributed by atoms with van der Waals surface area (Å²) in [6, 6.07) is 0. The van der Waals surface area contributed by atoms with Crippen LogP contribution in [0.15, 0.2) is 29.8 Å². The van der Waals surface area contributed by atoms with Gasteiger partial charge in [-0.1, -0.05) is 135 Å². The van der Waals surface area contributed by atoms with Crippen molar-refractivity contribution in [2.45, 2.75) is 195 Å². The van der Waals surface area contributed by atoms with Crippen molar-refractivity contribution in [1.82, 2.24) is 4.90 Å². The molecule has 7 nitrogen and oxygen atoms in total. The summed E-state index contributed by atoms with van der Waals surface area (Å²) in [6.45, 7) is 15.7. The molecule has 0 aromatic carbocycles. The summed E-state index contributed by atoms with van der Waals surface area (Å²) < 4.78 is 16.6. The number of esters is 3. The molecule has 0 spiro atoms. The molecular weight excluding hydrogens is 675 g/mol. The summed E-state index contributed by atoms with van der Waals surface area (Å²) in [5.74, 6) is 1.05. The molecule has 0 aliphatic heterocycles. The lowest BCUT2D eigenvalue weighted by molar-refractivity contribution is -0.145. The van der Waals surface area contributed by atoms with Crippen LogP contribution >= 0.6 is 0 Å². The molecule has 0 bridgehead atoms. The van der Waals surface area contributed by atoms with Crippen LogP contribution in [0, 0.1) is 17.8 Å². The van der Waals surface area contributed by atoms with E-state index in [0.717, 1.165) is 122 Å². The van der Waals surface area contributed by atoms with Crippen LogP contribution in [0.3, 0.4) is 0 Å². The maximum Gasteiger partial charge on any atom is 0.306 e. The lowest BCUT2D eigenvalue weighted by Gasteiger charge is -2.17. The number of allylic oxidation sites excluding steroid dienone is 1. The minimum atomic E-state index is -0.106. The number of hydrogen-bond acceptors (Lipinski definition) is 7. The largest absolute Gasteiger partial charge is 0.466 e. The van der Waals surface area contributed by atoms with Gasteiger partial charge in [-0.15, -0.1) is 0 Å². The van der Waals surface area contributed by atoms with Crippen LogP contribution in [-0.2, 0) is 28.6 Å². The lowest BCUT2D eigenvalue weighted by Crippen LogP contribution is -2.21. The van der Waals surface area contributed by atoms with E-state index in [2.05, 4.69) is 63.4 Å². The van der Waals surface area contributed by atoms with Gasteiger partial charge in [0.25, 0.3) is 0 Å². The van der Waals surface area contributed by atoms with Gasteiger partial charge in [-0.3, -0.25) is 14.4 Å². The van der Waals surface area contributed by atoms with Crippen LogP contribution in [0.25, 0.3) is 0 Å². The Balaban J connectivity index is 4.39. The zero-order chi connectivity index (χ0) is 39.9. The topological polar surface area (TPSA) is 82.1 Å². The van der Waals surface area contributed by atoms with Crippen molar-refractivity contribution in [1.29, 1.82) is 0 Å². The third kappa shape index (κ3) is 35.2. The highest BCUT2D eigenvalue weighted by Crippen LogP contribution is 2.23. The molecule has 0 aliphatic rings. The molecule has 0 aromatic rings. The van der Waals surface area contributed by atoms with Crippen molar-refractivity contribution < 1.29 is 28.6 Å². The van der Waals surface area contributed by atoms with Crippen molar-refractivity contribution in [3.05, 3.63) is 29.8 Å². The van der Waals surface area contributed by atoms with E-state index in [9.17, 15) is 14.4 Å². The Hall–Kier alpha value is -2.55. The molecule has 0 N–H and O–H groups in total. The van der Waals surface area contributed by atoms with Crippen LogP contribution in [0.2, 0.25) is 0 Å². The molecule has 312 valence electrons. The van der Waals surface area contributed by atoms with Crippen LogP contribution in [0.5, 0.6) is 0 Å². The maximum atomic E-state index is 12.7. The van der Waals surface area contributed by atoms with Gasteiger partial charge in [0.05, 0.1) is 19.8 Å². The van der Waals surface area contributed by atoms with Crippen molar-refractivity contribution in [3.63, 3.8) is 0 Å². The number of ether oxygens (including phenoxy) is 3. The van der Waals surface area contributed by atoms with E-state index in [1.165, 1.54) is 38.5 Å². The van der Waals surface area contributed by atoms with Gasteiger partial charge in [0.2, 0.25) is 0 Å². The fraction of sp³-hybridized carbons (Fsp3) is 0.830. The molecule has 0 rings (SSSR count). The SMILES string of the molecule is C=C=C=C=CC(CCCCC)CCOC(=O)CCCCCCCC(CCCCCCCC(=O)OCCC(C)CCCCC)CC(=O)OCCCN(C)CC. The zero-order valence-corrected chi connectivity index (χ0v) is 35.8. The van der Waals surface area contributed by atoms with E-state index in [1.54, 1.807) is 0 Å². The standard InChI is InChI=1S/C47H83NO6/c1-7-11-20-28-42(5)35-39-53-45(49)33-25-18-14-16-23-31-44(41-47(51)52-38-27-37-48(6)10-4)32-24-17-15-19-26-34-46(50)54-40-36-43(29-21-12-8-2)30-22-13-9-3/h29,42-44H,2,7,9-11,13-20,22-28,30-41H2,1,3-6H3. The predicted molar refractivity (Wildman–Crippen MR) is 224 cm³/mol. The Morgan fingerprint density at radius 3 is 1.70 bits per heavy atom. The molecule has 7 heteroatoms. The molecule has 3 unspecified atom stereocenters. The molecular formula is C47H83NO6. The van der Waals surface area contributed by atoms with E-state index in [-0.39, 0.29) is 17.9 Å². The molecule has 0 saturated carbocycles. The first-order valence-electron chi connectivity index (χ1n) is 22.3. The Morgan fingerprint density at radius 2 is 1.13 bits per heavy atom. The quantitative estimate of drug-likeness (QED) is 0.0268. The van der Waals surface area contributed by atoms with Crippen LogP contribution in [0.1, 0.15) is 195 Å². The van der Waals surface area contributed by atoms with Crippen LogP contribution in [0.4, 0.5) is 0 Å². The van der Waals surface area contributed by atoms with Crippen molar-refractivity contribution in [2.24, 2.45) is 17.8 Å². The molecule has 0 amide bonds. The lowest BCUT2D eigenvalue weighted by atomic mass is 9.91.